The molecule has 0 saturated carbocycles. The number of aliphatic hydroxyl groups is 2. The molecule has 0 bridgehead atoms. The number of H-pyrrole nitrogens is 1. The van der Waals surface area contributed by atoms with Crippen molar-refractivity contribution in [2.24, 2.45) is 0 Å². The summed E-state index contributed by atoms with van der Waals surface area (Å²) in [5, 5.41) is 20.4. The molecular formula is C11H12BrNO2S. The van der Waals surface area contributed by atoms with Crippen LogP contribution in [-0.4, -0.2) is 27.1 Å². The number of fused-ring (bicyclic) bond motifs is 1. The van der Waals surface area contributed by atoms with Crippen LogP contribution >= 0.6 is 28.6 Å². The molecule has 5 heteroatoms. The molecule has 0 aliphatic rings. The Hall–Kier alpha value is -0.490. The highest BCUT2D eigenvalue weighted by molar-refractivity contribution is 9.10. The van der Waals surface area contributed by atoms with E-state index in [4.69, 9.17) is 0 Å². The smallest absolute Gasteiger partial charge is 0.108 e. The van der Waals surface area contributed by atoms with Crippen LogP contribution in [0.1, 0.15) is 11.7 Å². The fourth-order valence-corrected chi connectivity index (χ4v) is 2.23. The summed E-state index contributed by atoms with van der Waals surface area (Å²) >= 11 is 7.35. The van der Waals surface area contributed by atoms with Gasteiger partial charge in [-0.1, -0.05) is 22.0 Å². The first kappa shape index (κ1) is 12.0. The number of benzene rings is 1. The van der Waals surface area contributed by atoms with Crippen LogP contribution in [0.15, 0.2) is 28.9 Å². The number of thiol groups is 1. The lowest BCUT2D eigenvalue weighted by Gasteiger charge is -2.14. The minimum Gasteiger partial charge on any atom is -0.389 e. The molecule has 0 aliphatic carbocycles. The van der Waals surface area contributed by atoms with E-state index < -0.39 is 12.2 Å². The maximum Gasteiger partial charge on any atom is 0.108 e. The molecule has 16 heavy (non-hydrogen) atoms. The van der Waals surface area contributed by atoms with Crippen LogP contribution in [0, 0.1) is 0 Å². The van der Waals surface area contributed by atoms with Crippen LogP contribution in [0.4, 0.5) is 0 Å². The fourth-order valence-electron chi connectivity index (χ4n) is 1.67. The van der Waals surface area contributed by atoms with E-state index in [2.05, 4.69) is 33.5 Å². The van der Waals surface area contributed by atoms with Crippen molar-refractivity contribution in [2.45, 2.75) is 12.2 Å². The number of nitrogens with one attached hydrogen (secondary N) is 1. The van der Waals surface area contributed by atoms with E-state index in [1.54, 1.807) is 6.20 Å². The quantitative estimate of drug-likeness (QED) is 0.657. The molecule has 1 aromatic heterocycles. The van der Waals surface area contributed by atoms with Crippen LogP contribution in [0.5, 0.6) is 0 Å². The summed E-state index contributed by atoms with van der Waals surface area (Å²) in [6.07, 6.45) is -0.0487. The Morgan fingerprint density at radius 2 is 2.12 bits per heavy atom. The van der Waals surface area contributed by atoms with Crippen LogP contribution in [-0.2, 0) is 0 Å². The van der Waals surface area contributed by atoms with Crippen molar-refractivity contribution in [3.05, 3.63) is 34.4 Å². The monoisotopic (exact) mass is 301 g/mol. The minimum absolute atomic E-state index is 0.227. The van der Waals surface area contributed by atoms with Gasteiger partial charge in [0, 0.05) is 32.9 Å². The maximum absolute atomic E-state index is 9.91. The highest BCUT2D eigenvalue weighted by atomic mass is 79.9. The summed E-state index contributed by atoms with van der Waals surface area (Å²) in [5.41, 5.74) is 1.62. The van der Waals surface area contributed by atoms with Gasteiger partial charge >= 0.3 is 0 Å². The van der Waals surface area contributed by atoms with Crippen LogP contribution in [0.25, 0.3) is 10.9 Å². The van der Waals surface area contributed by atoms with E-state index in [1.807, 2.05) is 18.2 Å². The molecule has 0 amide bonds. The molecule has 1 aromatic carbocycles. The van der Waals surface area contributed by atoms with Gasteiger partial charge in [0.25, 0.3) is 0 Å². The number of aromatic amines is 1. The number of hydrogen-bond acceptors (Lipinski definition) is 3. The second kappa shape index (κ2) is 4.79. The third kappa shape index (κ3) is 2.13. The zero-order valence-electron chi connectivity index (χ0n) is 8.39. The molecule has 1 heterocycles. The van der Waals surface area contributed by atoms with Crippen molar-refractivity contribution in [3.8, 4) is 0 Å². The first-order chi connectivity index (χ1) is 7.63. The average Bonchev–Trinajstić information content (AvgIpc) is 2.69. The Morgan fingerprint density at radius 1 is 1.38 bits per heavy atom. The SMILES string of the molecule is OC(CS)C(O)c1c[nH]c2cc(Br)ccc12. The van der Waals surface area contributed by atoms with Gasteiger partial charge in [-0.15, -0.1) is 0 Å². The summed E-state index contributed by atoms with van der Waals surface area (Å²) in [4.78, 5) is 3.06. The Kier molecular flexibility index (Phi) is 3.59. The van der Waals surface area contributed by atoms with Gasteiger partial charge in [-0.25, -0.2) is 0 Å². The average molecular weight is 302 g/mol. The van der Waals surface area contributed by atoms with Crippen LogP contribution in [0.3, 0.4) is 0 Å². The summed E-state index contributed by atoms with van der Waals surface area (Å²) in [7, 11) is 0. The molecule has 2 aromatic rings. The normalized spacial score (nSPS) is 15.2. The van der Waals surface area contributed by atoms with Crippen LogP contribution < -0.4 is 0 Å². The molecule has 86 valence electrons. The number of hydrogen-bond donors (Lipinski definition) is 4. The van der Waals surface area contributed by atoms with Gasteiger partial charge in [0.1, 0.15) is 6.10 Å². The summed E-state index contributed by atoms with van der Waals surface area (Å²) in [6.45, 7) is 0. The second-order valence-corrected chi connectivity index (χ2v) is 4.91. The molecule has 2 atom stereocenters. The zero-order valence-corrected chi connectivity index (χ0v) is 10.9. The molecule has 0 spiro atoms. The van der Waals surface area contributed by atoms with Crippen molar-refractivity contribution in [2.75, 3.05) is 5.75 Å². The van der Waals surface area contributed by atoms with Crippen molar-refractivity contribution in [1.82, 2.24) is 4.98 Å². The number of aromatic nitrogens is 1. The first-order valence-electron chi connectivity index (χ1n) is 4.87. The van der Waals surface area contributed by atoms with Gasteiger partial charge in [0.05, 0.1) is 6.10 Å². The van der Waals surface area contributed by atoms with Crippen molar-refractivity contribution < 1.29 is 10.2 Å². The van der Waals surface area contributed by atoms with Crippen molar-refractivity contribution in [3.63, 3.8) is 0 Å². The number of rotatable bonds is 3. The van der Waals surface area contributed by atoms with E-state index in [-0.39, 0.29) is 5.75 Å². The lowest BCUT2D eigenvalue weighted by Crippen LogP contribution is -2.19. The van der Waals surface area contributed by atoms with Crippen molar-refractivity contribution in [1.29, 1.82) is 0 Å². The molecule has 0 aliphatic heterocycles. The molecule has 0 saturated heterocycles. The van der Waals surface area contributed by atoms with Gasteiger partial charge in [-0.2, -0.15) is 12.6 Å². The Balaban J connectivity index is 2.45. The van der Waals surface area contributed by atoms with Gasteiger partial charge in [0.2, 0.25) is 0 Å². The first-order valence-corrected chi connectivity index (χ1v) is 6.29. The highest BCUT2D eigenvalue weighted by Gasteiger charge is 2.20. The lowest BCUT2D eigenvalue weighted by molar-refractivity contribution is 0.0347. The largest absolute Gasteiger partial charge is 0.389 e. The number of halogens is 1. The number of aliphatic hydroxyl groups excluding tert-OH is 2. The standard InChI is InChI=1S/C11H12BrNO2S/c12-6-1-2-7-8(4-13-9(7)3-6)11(15)10(14)5-16/h1-4,10-11,13-16H,5H2. The third-order valence-corrected chi connectivity index (χ3v) is 3.41. The Morgan fingerprint density at radius 3 is 2.81 bits per heavy atom. The van der Waals surface area contributed by atoms with Gasteiger partial charge in [0.15, 0.2) is 0 Å². The Bertz CT molecular complexity index is 500. The van der Waals surface area contributed by atoms with E-state index in [9.17, 15) is 10.2 Å². The molecule has 3 N–H and O–H groups in total. The van der Waals surface area contributed by atoms with Crippen LogP contribution in [0.2, 0.25) is 0 Å². The molecule has 2 unspecified atom stereocenters. The van der Waals surface area contributed by atoms with Crippen molar-refractivity contribution >= 4 is 39.5 Å². The lowest BCUT2D eigenvalue weighted by atomic mass is 10.0. The topological polar surface area (TPSA) is 56.2 Å². The maximum atomic E-state index is 9.91. The summed E-state index contributed by atoms with van der Waals surface area (Å²) < 4.78 is 0.970. The predicted octanol–water partition coefficient (Wildman–Crippen LogP) is 2.25. The predicted molar refractivity (Wildman–Crippen MR) is 70.8 cm³/mol. The summed E-state index contributed by atoms with van der Waals surface area (Å²) in [6, 6.07) is 5.73. The van der Waals surface area contributed by atoms with E-state index >= 15 is 0 Å². The molecule has 0 radical (unpaired) electrons. The zero-order chi connectivity index (χ0) is 11.7. The molecular weight excluding hydrogens is 290 g/mol. The minimum atomic E-state index is -0.910. The van der Waals surface area contributed by atoms with Gasteiger partial charge in [-0.3, -0.25) is 0 Å². The highest BCUT2D eigenvalue weighted by Crippen LogP contribution is 2.28. The van der Waals surface area contributed by atoms with E-state index in [1.165, 1.54) is 0 Å². The third-order valence-electron chi connectivity index (χ3n) is 2.55. The van der Waals surface area contributed by atoms with Gasteiger partial charge < -0.3 is 15.2 Å². The fraction of sp³-hybridized carbons (Fsp3) is 0.273. The molecule has 0 fully saturated rings. The summed E-state index contributed by atoms with van der Waals surface area (Å²) in [5.74, 6) is 0.227. The van der Waals surface area contributed by atoms with E-state index in [0.29, 0.717) is 5.56 Å². The molecule has 3 nitrogen and oxygen atoms in total. The molecule has 2 rings (SSSR count). The Labute approximate surface area is 107 Å². The van der Waals surface area contributed by atoms with Gasteiger partial charge in [-0.05, 0) is 12.1 Å². The van der Waals surface area contributed by atoms with E-state index in [0.717, 1.165) is 15.4 Å². The second-order valence-electron chi connectivity index (χ2n) is 3.63.